The summed E-state index contributed by atoms with van der Waals surface area (Å²) < 4.78 is 31.2. The summed E-state index contributed by atoms with van der Waals surface area (Å²) in [6.07, 6.45) is 0. The van der Waals surface area contributed by atoms with Crippen molar-refractivity contribution in [2.45, 2.75) is 11.8 Å². The first kappa shape index (κ1) is 17.4. The van der Waals surface area contributed by atoms with Gasteiger partial charge in [0.1, 0.15) is 11.4 Å². The minimum atomic E-state index is -3.85. The summed E-state index contributed by atoms with van der Waals surface area (Å²) in [5.74, 6) is -0.610. The molecule has 6 nitrogen and oxygen atoms in total. The fourth-order valence-corrected chi connectivity index (χ4v) is 5.10. The quantitative estimate of drug-likeness (QED) is 0.570. The van der Waals surface area contributed by atoms with Gasteiger partial charge in [-0.15, -0.1) is 0 Å². The predicted molar refractivity (Wildman–Crippen MR) is 82.7 cm³/mol. The highest BCUT2D eigenvalue weighted by molar-refractivity contribution is 9.11. The number of hydrogen-bond donors (Lipinski definition) is 1. The number of likely N-dealkylation sites (N-methyl/N-ethyl adjacent to an activating group) is 1. The van der Waals surface area contributed by atoms with E-state index >= 15 is 0 Å². The molecule has 9 heteroatoms. The van der Waals surface area contributed by atoms with Crippen molar-refractivity contribution in [1.82, 2.24) is 4.31 Å². The summed E-state index contributed by atoms with van der Waals surface area (Å²) in [7, 11) is -2.54. The number of carbonyl (C=O) groups is 1. The topological polar surface area (TPSA) is 89.7 Å². The van der Waals surface area contributed by atoms with Crippen LogP contribution in [0.2, 0.25) is 0 Å². The van der Waals surface area contributed by atoms with Gasteiger partial charge in [-0.1, -0.05) is 0 Å². The zero-order valence-electron chi connectivity index (χ0n) is 10.9. The molecule has 0 unspecified atom stereocenters. The van der Waals surface area contributed by atoms with Crippen LogP contribution >= 0.6 is 31.9 Å². The van der Waals surface area contributed by atoms with Crippen LogP contribution in [0.15, 0.2) is 26.0 Å². The van der Waals surface area contributed by atoms with Gasteiger partial charge in [-0.3, -0.25) is 4.79 Å². The number of nitrogen functional groups attached to an aromatic ring is 1. The van der Waals surface area contributed by atoms with Crippen LogP contribution in [0.1, 0.15) is 6.92 Å². The van der Waals surface area contributed by atoms with Gasteiger partial charge in [0, 0.05) is 21.7 Å². The maximum absolute atomic E-state index is 12.4. The molecule has 2 N–H and O–H groups in total. The van der Waals surface area contributed by atoms with E-state index in [4.69, 9.17) is 10.5 Å². The van der Waals surface area contributed by atoms with Gasteiger partial charge in [0.25, 0.3) is 0 Å². The second-order valence-corrected chi connectivity index (χ2v) is 7.57. The van der Waals surface area contributed by atoms with Crippen LogP contribution in [-0.4, -0.2) is 38.9 Å². The van der Waals surface area contributed by atoms with Gasteiger partial charge in [-0.05, 0) is 50.9 Å². The van der Waals surface area contributed by atoms with E-state index in [0.717, 1.165) is 4.31 Å². The number of anilines is 1. The Hall–Kier alpha value is -0.640. The van der Waals surface area contributed by atoms with Crippen LogP contribution in [-0.2, 0) is 19.6 Å². The molecule has 0 amide bonds. The van der Waals surface area contributed by atoms with Crippen molar-refractivity contribution >= 4 is 53.5 Å². The molecule has 1 aromatic rings. The van der Waals surface area contributed by atoms with E-state index in [9.17, 15) is 13.2 Å². The smallest absolute Gasteiger partial charge is 0.321 e. The minimum Gasteiger partial charge on any atom is -0.465 e. The second kappa shape index (κ2) is 6.88. The molecule has 1 rings (SSSR count). The second-order valence-electron chi connectivity index (χ2n) is 3.88. The van der Waals surface area contributed by atoms with Crippen LogP contribution in [0.3, 0.4) is 0 Å². The third-order valence-electron chi connectivity index (χ3n) is 2.35. The molecule has 0 spiro atoms. The molecule has 0 fully saturated rings. The van der Waals surface area contributed by atoms with Crippen molar-refractivity contribution in [3.63, 3.8) is 0 Å². The van der Waals surface area contributed by atoms with Crippen LogP contribution in [0.4, 0.5) is 5.69 Å². The number of nitrogens with two attached hydrogens (primary N) is 1. The molecule has 0 saturated carbocycles. The van der Waals surface area contributed by atoms with Gasteiger partial charge in [0.05, 0.1) is 6.61 Å². The number of esters is 1. The van der Waals surface area contributed by atoms with E-state index < -0.39 is 16.0 Å². The molecule has 0 heterocycles. The maximum Gasteiger partial charge on any atom is 0.321 e. The molecule has 0 saturated heterocycles. The molecule has 1 aromatic carbocycles. The van der Waals surface area contributed by atoms with Gasteiger partial charge in [-0.2, -0.15) is 4.31 Å². The zero-order valence-corrected chi connectivity index (χ0v) is 14.9. The number of ether oxygens (including phenoxy) is 1. The molecule has 0 radical (unpaired) electrons. The minimum absolute atomic E-state index is 0.0125. The third kappa shape index (κ3) is 3.94. The van der Waals surface area contributed by atoms with E-state index in [1.54, 1.807) is 6.92 Å². The monoisotopic (exact) mass is 428 g/mol. The highest BCUT2D eigenvalue weighted by Gasteiger charge is 2.28. The molecule has 20 heavy (non-hydrogen) atoms. The molecule has 0 bridgehead atoms. The van der Waals surface area contributed by atoms with Gasteiger partial charge >= 0.3 is 5.97 Å². The SMILES string of the molecule is CCOC(=O)CN(C)S(=O)(=O)c1c(Br)cc(N)cc1Br. The number of carbonyl (C=O) groups excluding carboxylic acids is 1. The molecule has 0 atom stereocenters. The highest BCUT2D eigenvalue weighted by Crippen LogP contribution is 2.33. The van der Waals surface area contributed by atoms with Crippen molar-refractivity contribution in [3.8, 4) is 0 Å². The van der Waals surface area contributed by atoms with Crippen molar-refractivity contribution in [2.75, 3.05) is 25.9 Å². The van der Waals surface area contributed by atoms with Crippen molar-refractivity contribution in [2.24, 2.45) is 0 Å². The number of benzene rings is 1. The first-order chi connectivity index (χ1) is 9.20. The van der Waals surface area contributed by atoms with Crippen LogP contribution in [0.25, 0.3) is 0 Å². The fraction of sp³-hybridized carbons (Fsp3) is 0.364. The first-order valence-corrected chi connectivity index (χ1v) is 8.59. The van der Waals surface area contributed by atoms with E-state index in [1.165, 1.54) is 19.2 Å². The summed E-state index contributed by atoms with van der Waals surface area (Å²) in [6, 6.07) is 2.96. The van der Waals surface area contributed by atoms with Crippen LogP contribution in [0, 0.1) is 0 Å². The van der Waals surface area contributed by atoms with Gasteiger partial charge < -0.3 is 10.5 Å². The number of halogens is 2. The zero-order chi connectivity index (χ0) is 15.5. The lowest BCUT2D eigenvalue weighted by atomic mass is 10.3. The van der Waals surface area contributed by atoms with E-state index in [-0.39, 0.29) is 18.0 Å². The van der Waals surface area contributed by atoms with Crippen molar-refractivity contribution in [1.29, 1.82) is 0 Å². The van der Waals surface area contributed by atoms with E-state index in [0.29, 0.717) is 14.6 Å². The Bertz CT molecular complexity index is 596. The van der Waals surface area contributed by atoms with Crippen LogP contribution in [0.5, 0.6) is 0 Å². The number of sulfonamides is 1. The Morgan fingerprint density at radius 3 is 2.30 bits per heavy atom. The lowest BCUT2D eigenvalue weighted by Gasteiger charge is -2.18. The standard InChI is InChI=1S/C11H14Br2N2O4S/c1-3-19-10(16)6-15(2)20(17,18)11-8(12)4-7(14)5-9(11)13/h4-5H,3,6,14H2,1-2H3. The normalized spacial score (nSPS) is 11.7. The Morgan fingerprint density at radius 1 is 1.35 bits per heavy atom. The Morgan fingerprint density at radius 2 is 1.85 bits per heavy atom. The molecular weight excluding hydrogens is 416 g/mol. The third-order valence-corrected chi connectivity index (χ3v) is 6.03. The predicted octanol–water partition coefficient (Wildman–Crippen LogP) is 1.98. The van der Waals surface area contributed by atoms with Crippen molar-refractivity contribution in [3.05, 3.63) is 21.1 Å². The number of hydrogen-bond acceptors (Lipinski definition) is 5. The summed E-state index contributed by atoms with van der Waals surface area (Å²) in [5.41, 5.74) is 6.04. The van der Waals surface area contributed by atoms with Crippen LogP contribution < -0.4 is 5.73 Å². The van der Waals surface area contributed by atoms with Gasteiger partial charge in [-0.25, -0.2) is 8.42 Å². The van der Waals surface area contributed by atoms with E-state index in [2.05, 4.69) is 31.9 Å². The average molecular weight is 430 g/mol. The molecule has 0 aromatic heterocycles. The molecule has 0 aliphatic rings. The molecule has 0 aliphatic carbocycles. The Labute approximate surface area is 134 Å². The summed E-state index contributed by atoms with van der Waals surface area (Å²) in [6.45, 7) is 1.49. The lowest BCUT2D eigenvalue weighted by Crippen LogP contribution is -2.33. The Balaban J connectivity index is 3.14. The largest absolute Gasteiger partial charge is 0.465 e. The summed E-state index contributed by atoms with van der Waals surface area (Å²) in [4.78, 5) is 11.4. The van der Waals surface area contributed by atoms with E-state index in [1.807, 2.05) is 0 Å². The number of nitrogens with zero attached hydrogens (tertiary/aromatic N) is 1. The lowest BCUT2D eigenvalue weighted by molar-refractivity contribution is -0.143. The summed E-state index contributed by atoms with van der Waals surface area (Å²) >= 11 is 6.33. The molecule has 112 valence electrons. The van der Waals surface area contributed by atoms with Gasteiger partial charge in [0.15, 0.2) is 0 Å². The molecular formula is C11H14Br2N2O4S. The first-order valence-electron chi connectivity index (χ1n) is 5.56. The highest BCUT2D eigenvalue weighted by atomic mass is 79.9. The summed E-state index contributed by atoms with van der Waals surface area (Å²) in [5, 5.41) is 0. The number of rotatable bonds is 5. The van der Waals surface area contributed by atoms with Gasteiger partial charge in [0.2, 0.25) is 10.0 Å². The Kier molecular flexibility index (Phi) is 5.99. The van der Waals surface area contributed by atoms with Crippen molar-refractivity contribution < 1.29 is 17.9 Å². The molecule has 0 aliphatic heterocycles. The fourth-order valence-electron chi connectivity index (χ4n) is 1.46. The maximum atomic E-state index is 12.4. The average Bonchev–Trinajstić information content (AvgIpc) is 2.26.